The Morgan fingerprint density at radius 2 is 2.10 bits per heavy atom. The minimum atomic E-state index is -0.234. The van der Waals surface area contributed by atoms with Crippen LogP contribution in [0.15, 0.2) is 30.6 Å². The molecule has 5 nitrogen and oxygen atoms in total. The van der Waals surface area contributed by atoms with Crippen LogP contribution in [-0.2, 0) is 0 Å². The summed E-state index contributed by atoms with van der Waals surface area (Å²) in [4.78, 5) is 18.1. The van der Waals surface area contributed by atoms with Gasteiger partial charge in [0.25, 0.3) is 5.91 Å². The summed E-state index contributed by atoms with van der Waals surface area (Å²) in [6, 6.07) is 6.57. The van der Waals surface area contributed by atoms with E-state index in [1.54, 1.807) is 0 Å². The highest BCUT2D eigenvalue weighted by Crippen LogP contribution is 2.27. The van der Waals surface area contributed by atoms with Crippen LogP contribution >= 0.6 is 0 Å². The normalized spacial score (nSPS) is 19.3. The average Bonchev–Trinajstić information content (AvgIpc) is 2.92. The molecule has 0 saturated carbocycles. The Morgan fingerprint density at radius 1 is 1.29 bits per heavy atom. The van der Waals surface area contributed by atoms with Crippen molar-refractivity contribution in [3.63, 3.8) is 0 Å². The van der Waals surface area contributed by atoms with Gasteiger partial charge in [-0.05, 0) is 30.5 Å². The molecule has 0 radical (unpaired) electrons. The van der Waals surface area contributed by atoms with Crippen LogP contribution in [0, 0.1) is 5.82 Å². The van der Waals surface area contributed by atoms with E-state index in [1.165, 1.54) is 18.5 Å². The fourth-order valence-corrected chi connectivity index (χ4v) is 2.79. The molecular formula is C15H17FN4O. The summed E-state index contributed by atoms with van der Waals surface area (Å²) >= 11 is 0. The maximum Gasteiger partial charge on any atom is 0.291 e. The number of benzene rings is 1. The van der Waals surface area contributed by atoms with Gasteiger partial charge in [-0.15, -0.1) is 0 Å². The van der Waals surface area contributed by atoms with Crippen molar-refractivity contribution in [1.29, 1.82) is 0 Å². The van der Waals surface area contributed by atoms with Gasteiger partial charge >= 0.3 is 0 Å². The number of nitrogens with one attached hydrogen (secondary N) is 1. The van der Waals surface area contributed by atoms with Gasteiger partial charge in [-0.3, -0.25) is 9.89 Å². The first-order valence-electron chi connectivity index (χ1n) is 7.14. The van der Waals surface area contributed by atoms with E-state index in [-0.39, 0.29) is 23.5 Å². The van der Waals surface area contributed by atoms with Gasteiger partial charge in [0.2, 0.25) is 5.82 Å². The largest absolute Gasteiger partial charge is 0.335 e. The first-order chi connectivity index (χ1) is 10.2. The molecular weight excluding hydrogens is 271 g/mol. The first-order valence-corrected chi connectivity index (χ1v) is 7.14. The standard InChI is InChI=1S/C15H17FN4O/c16-13-6-4-11(5-7-13)12-3-1-2-8-20(9-12)15(21)14-17-10-18-19-14/h4-7,10,12H,1-3,8-9H2,(H,17,18,19). The van der Waals surface area contributed by atoms with Crippen LogP contribution in [0.25, 0.3) is 0 Å². The second-order valence-corrected chi connectivity index (χ2v) is 5.33. The van der Waals surface area contributed by atoms with Crippen LogP contribution < -0.4 is 0 Å². The summed E-state index contributed by atoms with van der Waals surface area (Å²) in [5.74, 6) is 0.151. The highest BCUT2D eigenvalue weighted by Gasteiger charge is 2.25. The number of rotatable bonds is 2. The van der Waals surface area contributed by atoms with Crippen molar-refractivity contribution in [3.05, 3.63) is 47.8 Å². The Hall–Kier alpha value is -2.24. The molecule has 2 heterocycles. The Kier molecular flexibility index (Phi) is 3.94. The van der Waals surface area contributed by atoms with Gasteiger partial charge in [-0.2, -0.15) is 5.10 Å². The highest BCUT2D eigenvalue weighted by atomic mass is 19.1. The van der Waals surface area contributed by atoms with Crippen LogP contribution in [-0.4, -0.2) is 39.1 Å². The maximum absolute atomic E-state index is 13.0. The SMILES string of the molecule is O=C(c1ncn[nH]1)N1CCCCC(c2ccc(F)cc2)C1. The van der Waals surface area contributed by atoms with E-state index in [1.807, 2.05) is 17.0 Å². The Labute approximate surface area is 122 Å². The fourth-order valence-electron chi connectivity index (χ4n) is 2.79. The molecule has 3 rings (SSSR count). The van der Waals surface area contributed by atoms with E-state index in [0.717, 1.165) is 31.4 Å². The van der Waals surface area contributed by atoms with Gasteiger partial charge in [0, 0.05) is 19.0 Å². The third-order valence-electron chi connectivity index (χ3n) is 3.92. The third-order valence-corrected chi connectivity index (χ3v) is 3.92. The smallest absolute Gasteiger partial charge is 0.291 e. The second-order valence-electron chi connectivity index (χ2n) is 5.33. The van der Waals surface area contributed by atoms with E-state index in [2.05, 4.69) is 15.2 Å². The summed E-state index contributed by atoms with van der Waals surface area (Å²) in [5, 5.41) is 6.34. The Bertz CT molecular complexity index is 597. The van der Waals surface area contributed by atoms with Gasteiger partial charge in [0.1, 0.15) is 12.1 Å². The number of nitrogens with zero attached hydrogens (tertiary/aromatic N) is 3. The van der Waals surface area contributed by atoms with E-state index in [4.69, 9.17) is 0 Å². The number of aromatic nitrogens is 3. The van der Waals surface area contributed by atoms with Crippen LogP contribution in [0.3, 0.4) is 0 Å². The lowest BCUT2D eigenvalue weighted by Crippen LogP contribution is -2.34. The molecule has 1 amide bonds. The summed E-state index contributed by atoms with van der Waals surface area (Å²) in [7, 11) is 0. The predicted molar refractivity (Wildman–Crippen MR) is 75.3 cm³/mol. The van der Waals surface area contributed by atoms with Crippen molar-refractivity contribution in [3.8, 4) is 0 Å². The van der Waals surface area contributed by atoms with Gasteiger partial charge in [0.15, 0.2) is 0 Å². The zero-order chi connectivity index (χ0) is 14.7. The van der Waals surface area contributed by atoms with Gasteiger partial charge in [0.05, 0.1) is 0 Å². The molecule has 110 valence electrons. The molecule has 1 fully saturated rings. The van der Waals surface area contributed by atoms with E-state index in [0.29, 0.717) is 6.54 Å². The first kappa shape index (κ1) is 13.7. The van der Waals surface area contributed by atoms with E-state index < -0.39 is 0 Å². The zero-order valence-electron chi connectivity index (χ0n) is 11.6. The Balaban J connectivity index is 1.77. The van der Waals surface area contributed by atoms with Crippen LogP contribution in [0.2, 0.25) is 0 Å². The molecule has 1 saturated heterocycles. The minimum absolute atomic E-state index is 0.124. The van der Waals surface area contributed by atoms with Crippen LogP contribution in [0.1, 0.15) is 41.4 Å². The predicted octanol–water partition coefficient (Wildman–Crippen LogP) is 2.35. The topological polar surface area (TPSA) is 61.9 Å². The number of halogens is 1. The van der Waals surface area contributed by atoms with Crippen molar-refractivity contribution in [1.82, 2.24) is 20.1 Å². The number of aromatic amines is 1. The molecule has 1 atom stereocenters. The molecule has 0 aliphatic carbocycles. The van der Waals surface area contributed by atoms with E-state index >= 15 is 0 Å². The van der Waals surface area contributed by atoms with Gasteiger partial charge in [-0.25, -0.2) is 9.37 Å². The molecule has 1 aromatic carbocycles. The number of carbonyl (C=O) groups excluding carboxylic acids is 1. The molecule has 6 heteroatoms. The van der Waals surface area contributed by atoms with Gasteiger partial charge in [-0.1, -0.05) is 18.6 Å². The summed E-state index contributed by atoms with van der Waals surface area (Å²) < 4.78 is 13.0. The van der Waals surface area contributed by atoms with Crippen LogP contribution in [0.4, 0.5) is 4.39 Å². The quantitative estimate of drug-likeness (QED) is 0.922. The number of hydrogen-bond acceptors (Lipinski definition) is 3. The maximum atomic E-state index is 13.0. The van der Waals surface area contributed by atoms with Crippen molar-refractivity contribution in [2.24, 2.45) is 0 Å². The van der Waals surface area contributed by atoms with Crippen molar-refractivity contribution < 1.29 is 9.18 Å². The second kappa shape index (κ2) is 6.03. The molecule has 1 aliphatic rings. The molecule has 0 bridgehead atoms. The fraction of sp³-hybridized carbons (Fsp3) is 0.400. The van der Waals surface area contributed by atoms with Crippen molar-refractivity contribution in [2.45, 2.75) is 25.2 Å². The average molecular weight is 288 g/mol. The summed E-state index contributed by atoms with van der Waals surface area (Å²) in [6.45, 7) is 1.35. The van der Waals surface area contributed by atoms with Crippen LogP contribution in [0.5, 0.6) is 0 Å². The number of hydrogen-bond donors (Lipinski definition) is 1. The van der Waals surface area contributed by atoms with Gasteiger partial charge < -0.3 is 4.90 Å². The molecule has 1 N–H and O–H groups in total. The molecule has 1 aliphatic heterocycles. The number of likely N-dealkylation sites (tertiary alicyclic amines) is 1. The van der Waals surface area contributed by atoms with E-state index in [9.17, 15) is 9.18 Å². The Morgan fingerprint density at radius 3 is 2.81 bits per heavy atom. The monoisotopic (exact) mass is 288 g/mol. The zero-order valence-corrected chi connectivity index (χ0v) is 11.6. The number of amides is 1. The third kappa shape index (κ3) is 3.09. The summed E-state index contributed by atoms with van der Waals surface area (Å²) in [6.07, 6.45) is 4.37. The number of H-pyrrole nitrogens is 1. The van der Waals surface area contributed by atoms with Crippen molar-refractivity contribution in [2.75, 3.05) is 13.1 Å². The molecule has 21 heavy (non-hydrogen) atoms. The molecule has 1 aromatic heterocycles. The molecule has 1 unspecified atom stereocenters. The molecule has 2 aromatic rings. The summed E-state index contributed by atoms with van der Waals surface area (Å²) in [5.41, 5.74) is 1.08. The van der Waals surface area contributed by atoms with Crippen molar-refractivity contribution >= 4 is 5.91 Å². The number of carbonyl (C=O) groups is 1. The lowest BCUT2D eigenvalue weighted by atomic mass is 9.94. The lowest BCUT2D eigenvalue weighted by molar-refractivity contribution is 0.0742. The molecule has 0 spiro atoms. The lowest BCUT2D eigenvalue weighted by Gasteiger charge is -2.23. The highest BCUT2D eigenvalue weighted by molar-refractivity contribution is 5.90. The minimum Gasteiger partial charge on any atom is -0.335 e.